The lowest BCUT2D eigenvalue weighted by Gasteiger charge is -2.11. The Morgan fingerprint density at radius 1 is 1.04 bits per heavy atom. The molecule has 5 nitrogen and oxygen atoms in total. The van der Waals surface area contributed by atoms with Crippen LogP contribution in [-0.4, -0.2) is 37.4 Å². The number of hydrogen-bond donors (Lipinski definition) is 1. The molecule has 26 heavy (non-hydrogen) atoms. The lowest BCUT2D eigenvalue weighted by Crippen LogP contribution is -2.21. The number of carbonyl (C=O) groups excluding carboxylic acids is 2. The number of benzene rings is 2. The third-order valence-electron chi connectivity index (χ3n) is 4.07. The maximum absolute atomic E-state index is 12.1. The third kappa shape index (κ3) is 5.92. The van der Waals surface area contributed by atoms with Gasteiger partial charge in [0.2, 0.25) is 5.91 Å². The standard InChI is InChI=1S/C21H26N2O3/c1-15-5-6-16(2)19(13-15)26-14-20(24)22-18-10-7-17(8-11-18)9-12-21(25)23(3)4/h5-8,10-11,13H,9,12,14H2,1-4H3,(H,22,24). The molecule has 0 aliphatic heterocycles. The molecule has 0 heterocycles. The smallest absolute Gasteiger partial charge is 0.262 e. The Bertz CT molecular complexity index is 767. The van der Waals surface area contributed by atoms with Crippen molar-refractivity contribution in [2.75, 3.05) is 26.0 Å². The third-order valence-corrected chi connectivity index (χ3v) is 4.07. The summed E-state index contributed by atoms with van der Waals surface area (Å²) in [5.74, 6) is 0.619. The maximum atomic E-state index is 12.1. The number of anilines is 1. The van der Waals surface area contributed by atoms with Crippen molar-refractivity contribution in [1.82, 2.24) is 4.90 Å². The molecule has 138 valence electrons. The van der Waals surface area contributed by atoms with Crippen LogP contribution in [0.5, 0.6) is 5.75 Å². The van der Waals surface area contributed by atoms with E-state index < -0.39 is 0 Å². The molecule has 2 amide bonds. The van der Waals surface area contributed by atoms with Crippen LogP contribution < -0.4 is 10.1 Å². The van der Waals surface area contributed by atoms with Crippen LogP contribution in [0.2, 0.25) is 0 Å². The Kier molecular flexibility index (Phi) is 6.78. The van der Waals surface area contributed by atoms with Gasteiger partial charge in [0.1, 0.15) is 5.75 Å². The van der Waals surface area contributed by atoms with Crippen molar-refractivity contribution in [3.05, 3.63) is 59.2 Å². The molecule has 1 N–H and O–H groups in total. The van der Waals surface area contributed by atoms with Crippen LogP contribution in [-0.2, 0) is 16.0 Å². The van der Waals surface area contributed by atoms with Gasteiger partial charge in [0.05, 0.1) is 0 Å². The van der Waals surface area contributed by atoms with E-state index in [1.54, 1.807) is 19.0 Å². The summed E-state index contributed by atoms with van der Waals surface area (Å²) < 4.78 is 5.61. The van der Waals surface area contributed by atoms with Crippen LogP contribution in [0.1, 0.15) is 23.1 Å². The predicted octanol–water partition coefficient (Wildman–Crippen LogP) is 3.34. The number of rotatable bonds is 7. The zero-order valence-electron chi connectivity index (χ0n) is 15.8. The van der Waals surface area contributed by atoms with Gasteiger partial charge in [0.15, 0.2) is 6.61 Å². The number of ether oxygens (including phenoxy) is 1. The van der Waals surface area contributed by atoms with Crippen molar-refractivity contribution in [3.8, 4) is 5.75 Å². The van der Waals surface area contributed by atoms with E-state index in [0.29, 0.717) is 18.5 Å². The fourth-order valence-electron chi connectivity index (χ4n) is 2.43. The molecule has 0 aromatic heterocycles. The van der Waals surface area contributed by atoms with Crippen molar-refractivity contribution in [2.45, 2.75) is 26.7 Å². The van der Waals surface area contributed by atoms with Crippen molar-refractivity contribution in [1.29, 1.82) is 0 Å². The van der Waals surface area contributed by atoms with E-state index in [-0.39, 0.29) is 18.4 Å². The van der Waals surface area contributed by atoms with Crippen molar-refractivity contribution in [3.63, 3.8) is 0 Å². The molecule has 0 atom stereocenters. The van der Waals surface area contributed by atoms with Gasteiger partial charge >= 0.3 is 0 Å². The molecular weight excluding hydrogens is 328 g/mol. The SMILES string of the molecule is Cc1ccc(C)c(OCC(=O)Nc2ccc(CCC(=O)N(C)C)cc2)c1. The summed E-state index contributed by atoms with van der Waals surface area (Å²) in [7, 11) is 3.50. The molecule has 5 heteroatoms. The molecule has 2 aromatic rings. The maximum Gasteiger partial charge on any atom is 0.262 e. The van der Waals surface area contributed by atoms with E-state index in [2.05, 4.69) is 5.32 Å². The van der Waals surface area contributed by atoms with E-state index in [9.17, 15) is 9.59 Å². The summed E-state index contributed by atoms with van der Waals surface area (Å²) in [4.78, 5) is 25.3. The van der Waals surface area contributed by atoms with Gasteiger partial charge < -0.3 is 15.0 Å². The van der Waals surface area contributed by atoms with Gasteiger partial charge in [-0.3, -0.25) is 9.59 Å². The second kappa shape index (κ2) is 9.04. The monoisotopic (exact) mass is 354 g/mol. The van der Waals surface area contributed by atoms with Crippen LogP contribution in [0, 0.1) is 13.8 Å². The Morgan fingerprint density at radius 2 is 1.73 bits per heavy atom. The molecule has 0 bridgehead atoms. The first-order chi connectivity index (χ1) is 12.3. The summed E-state index contributed by atoms with van der Waals surface area (Å²) >= 11 is 0. The Labute approximate surface area is 155 Å². The second-order valence-corrected chi connectivity index (χ2v) is 6.59. The number of carbonyl (C=O) groups is 2. The molecule has 2 rings (SSSR count). The molecule has 2 aromatic carbocycles. The first-order valence-corrected chi connectivity index (χ1v) is 8.64. The highest BCUT2D eigenvalue weighted by atomic mass is 16.5. The highest BCUT2D eigenvalue weighted by Crippen LogP contribution is 2.19. The Hall–Kier alpha value is -2.82. The van der Waals surface area contributed by atoms with Gasteiger partial charge in [-0.05, 0) is 55.2 Å². The van der Waals surface area contributed by atoms with Gasteiger partial charge in [0, 0.05) is 26.2 Å². The lowest BCUT2D eigenvalue weighted by molar-refractivity contribution is -0.128. The Balaban J connectivity index is 1.83. The fraction of sp³-hybridized carbons (Fsp3) is 0.333. The first kappa shape index (κ1) is 19.5. The molecule has 0 aliphatic rings. The summed E-state index contributed by atoms with van der Waals surface area (Å²) in [5, 5.41) is 2.82. The van der Waals surface area contributed by atoms with Crippen LogP contribution in [0.25, 0.3) is 0 Å². The van der Waals surface area contributed by atoms with Crippen molar-refractivity contribution >= 4 is 17.5 Å². The van der Waals surface area contributed by atoms with E-state index >= 15 is 0 Å². The minimum absolute atomic E-state index is 0.0383. The summed E-state index contributed by atoms with van der Waals surface area (Å²) in [6.45, 7) is 3.90. The van der Waals surface area contributed by atoms with Crippen LogP contribution in [0.15, 0.2) is 42.5 Å². The summed E-state index contributed by atoms with van der Waals surface area (Å²) in [5.41, 5.74) is 3.86. The van der Waals surface area contributed by atoms with Crippen molar-refractivity contribution < 1.29 is 14.3 Å². The normalized spacial score (nSPS) is 10.3. The Morgan fingerprint density at radius 3 is 2.38 bits per heavy atom. The molecular formula is C21H26N2O3. The zero-order valence-corrected chi connectivity index (χ0v) is 15.8. The van der Waals surface area contributed by atoms with E-state index in [1.807, 2.05) is 56.3 Å². The number of nitrogens with zero attached hydrogens (tertiary/aromatic N) is 1. The zero-order chi connectivity index (χ0) is 19.1. The van der Waals surface area contributed by atoms with E-state index in [1.165, 1.54) is 0 Å². The second-order valence-electron chi connectivity index (χ2n) is 6.59. The first-order valence-electron chi connectivity index (χ1n) is 8.64. The van der Waals surface area contributed by atoms with Crippen LogP contribution in [0.3, 0.4) is 0 Å². The molecule has 0 saturated carbocycles. The number of aryl methyl sites for hydroxylation is 3. The van der Waals surface area contributed by atoms with Gasteiger partial charge in [-0.1, -0.05) is 24.3 Å². The number of amides is 2. The molecule has 0 aliphatic carbocycles. The topological polar surface area (TPSA) is 58.6 Å². The van der Waals surface area contributed by atoms with E-state index in [4.69, 9.17) is 4.74 Å². The van der Waals surface area contributed by atoms with Gasteiger partial charge in [-0.15, -0.1) is 0 Å². The van der Waals surface area contributed by atoms with Crippen molar-refractivity contribution in [2.24, 2.45) is 0 Å². The molecule has 0 spiro atoms. The van der Waals surface area contributed by atoms with Crippen LogP contribution in [0.4, 0.5) is 5.69 Å². The molecule has 0 radical (unpaired) electrons. The summed E-state index contributed by atoms with van der Waals surface area (Å²) in [6, 6.07) is 13.4. The van der Waals surface area contributed by atoms with Gasteiger partial charge in [0.25, 0.3) is 5.91 Å². The van der Waals surface area contributed by atoms with Gasteiger partial charge in [-0.25, -0.2) is 0 Å². The predicted molar refractivity (Wildman–Crippen MR) is 103 cm³/mol. The summed E-state index contributed by atoms with van der Waals surface area (Å²) in [6.07, 6.45) is 1.16. The number of hydrogen-bond acceptors (Lipinski definition) is 3. The largest absolute Gasteiger partial charge is 0.483 e. The molecule has 0 unspecified atom stereocenters. The average molecular weight is 354 g/mol. The fourth-order valence-corrected chi connectivity index (χ4v) is 2.43. The minimum atomic E-state index is -0.207. The van der Waals surface area contributed by atoms with Gasteiger partial charge in [-0.2, -0.15) is 0 Å². The molecule has 0 saturated heterocycles. The van der Waals surface area contributed by atoms with Crippen LogP contribution >= 0.6 is 0 Å². The number of nitrogens with one attached hydrogen (secondary N) is 1. The quantitative estimate of drug-likeness (QED) is 0.830. The average Bonchev–Trinajstić information content (AvgIpc) is 2.61. The van der Waals surface area contributed by atoms with E-state index in [0.717, 1.165) is 22.4 Å². The minimum Gasteiger partial charge on any atom is -0.483 e. The highest BCUT2D eigenvalue weighted by molar-refractivity contribution is 5.91. The molecule has 0 fully saturated rings. The highest BCUT2D eigenvalue weighted by Gasteiger charge is 2.07. The lowest BCUT2D eigenvalue weighted by atomic mass is 10.1.